The van der Waals surface area contributed by atoms with Crippen molar-refractivity contribution in [2.75, 3.05) is 17.9 Å². The molecule has 0 saturated heterocycles. The van der Waals surface area contributed by atoms with Gasteiger partial charge in [-0.1, -0.05) is 27.2 Å². The van der Waals surface area contributed by atoms with E-state index in [4.69, 9.17) is 14.6 Å². The molecule has 0 radical (unpaired) electrons. The number of H-pyrrole nitrogens is 1. The molecule has 0 aliphatic heterocycles. The van der Waals surface area contributed by atoms with Crippen molar-refractivity contribution >= 4 is 21.2 Å². The maximum atomic E-state index is 13.3. The Morgan fingerprint density at radius 3 is 2.44 bits per heavy atom. The predicted molar refractivity (Wildman–Crippen MR) is 151 cm³/mol. The first kappa shape index (κ1) is 28.2. The molecule has 0 atom stereocenters. The molecule has 2 heterocycles. The minimum atomic E-state index is -3.96. The van der Waals surface area contributed by atoms with E-state index in [0.717, 1.165) is 19.3 Å². The van der Waals surface area contributed by atoms with E-state index in [1.807, 2.05) is 20.8 Å². The van der Waals surface area contributed by atoms with Crippen molar-refractivity contribution in [1.82, 2.24) is 19.6 Å². The number of aromatic nitrogens is 4. The van der Waals surface area contributed by atoms with E-state index in [1.54, 1.807) is 34.8 Å². The molecule has 208 valence electrons. The van der Waals surface area contributed by atoms with Gasteiger partial charge in [0.1, 0.15) is 17.3 Å². The number of nitrogens with one attached hydrogen (secondary N) is 2. The van der Waals surface area contributed by atoms with Crippen LogP contribution >= 0.6 is 0 Å². The van der Waals surface area contributed by atoms with Crippen molar-refractivity contribution < 1.29 is 17.9 Å². The summed E-state index contributed by atoms with van der Waals surface area (Å²) in [5, 5.41) is 4.72. The number of sulfonamides is 1. The van der Waals surface area contributed by atoms with Gasteiger partial charge in [-0.3, -0.25) is 9.52 Å². The normalized spacial score (nSPS) is 11.6. The van der Waals surface area contributed by atoms with E-state index >= 15 is 0 Å². The smallest absolute Gasteiger partial charge is 0.277 e. The molecule has 2 aromatic carbocycles. The largest absolute Gasteiger partial charge is 0.494 e. The summed E-state index contributed by atoms with van der Waals surface area (Å²) >= 11 is 0. The summed E-state index contributed by atoms with van der Waals surface area (Å²) < 4.78 is 42.2. The van der Waals surface area contributed by atoms with Crippen LogP contribution in [-0.4, -0.2) is 41.2 Å². The predicted octanol–water partition coefficient (Wildman–Crippen LogP) is 4.98. The van der Waals surface area contributed by atoms with Gasteiger partial charge in [0.25, 0.3) is 15.6 Å². The highest BCUT2D eigenvalue weighted by molar-refractivity contribution is 7.92. The standard InChI is InChI=1S/C28H35N5O5S/c1-5-9-10-25-29-23(7-3)26-28(34)30-27(31-33(25)26)22-18-21(15-16-24(22)38-17-6-2)39(35,36)32-19-11-13-20(14-12-19)37-8-4/h11-16,18,32H,5-10,17H2,1-4H3,(H,30,31,34). The second-order valence-electron chi connectivity index (χ2n) is 9.06. The molecule has 2 aromatic heterocycles. The van der Waals surface area contributed by atoms with Gasteiger partial charge in [-0.2, -0.15) is 0 Å². The number of hydrogen-bond donors (Lipinski definition) is 2. The van der Waals surface area contributed by atoms with Gasteiger partial charge < -0.3 is 14.5 Å². The van der Waals surface area contributed by atoms with Crippen LogP contribution in [-0.2, 0) is 22.9 Å². The van der Waals surface area contributed by atoms with Gasteiger partial charge in [-0.15, -0.1) is 5.10 Å². The molecular weight excluding hydrogens is 518 g/mol. The number of benzene rings is 2. The van der Waals surface area contributed by atoms with Crippen LogP contribution in [0, 0.1) is 0 Å². The van der Waals surface area contributed by atoms with E-state index in [0.29, 0.717) is 65.8 Å². The monoisotopic (exact) mass is 553 g/mol. The lowest BCUT2D eigenvalue weighted by Gasteiger charge is -2.14. The number of nitrogens with zero attached hydrogens (tertiary/aromatic N) is 3. The zero-order valence-electron chi connectivity index (χ0n) is 22.8. The molecule has 4 aromatic rings. The van der Waals surface area contributed by atoms with Crippen LogP contribution in [0.15, 0.2) is 52.2 Å². The van der Waals surface area contributed by atoms with Crippen LogP contribution < -0.4 is 19.8 Å². The summed E-state index contributed by atoms with van der Waals surface area (Å²) in [6.45, 7) is 8.82. The number of hydrogen-bond acceptors (Lipinski definition) is 7. The Labute approximate surface area is 228 Å². The second-order valence-corrected chi connectivity index (χ2v) is 10.7. The summed E-state index contributed by atoms with van der Waals surface area (Å²) in [4.78, 5) is 20.7. The van der Waals surface area contributed by atoms with Crippen LogP contribution in [0.25, 0.3) is 16.9 Å². The SMILES string of the molecule is CCCCc1nc(CC)c2c(=O)[nH]c(-c3cc(S(=O)(=O)Nc4ccc(OCC)cc4)ccc3OCCC)nn12. The number of fused-ring (bicyclic) bond motifs is 1. The first-order valence-electron chi connectivity index (χ1n) is 13.3. The van der Waals surface area contributed by atoms with Crippen molar-refractivity contribution in [3.8, 4) is 22.9 Å². The summed E-state index contributed by atoms with van der Waals surface area (Å²) in [6, 6.07) is 11.2. The molecule has 2 N–H and O–H groups in total. The molecule has 4 rings (SSSR count). The number of rotatable bonds is 13. The lowest BCUT2D eigenvalue weighted by Crippen LogP contribution is -2.17. The van der Waals surface area contributed by atoms with Gasteiger partial charge in [0.05, 0.1) is 29.4 Å². The Balaban J connectivity index is 1.79. The fourth-order valence-electron chi connectivity index (χ4n) is 4.20. The summed E-state index contributed by atoms with van der Waals surface area (Å²) in [5.74, 6) is 1.97. The molecule has 0 aliphatic carbocycles. The zero-order valence-corrected chi connectivity index (χ0v) is 23.6. The quantitative estimate of drug-likeness (QED) is 0.239. The van der Waals surface area contributed by atoms with Crippen molar-refractivity contribution in [2.45, 2.75) is 64.7 Å². The summed E-state index contributed by atoms with van der Waals surface area (Å²) in [6.07, 6.45) is 3.90. The Bertz CT molecular complexity index is 1590. The molecule has 39 heavy (non-hydrogen) atoms. The van der Waals surface area contributed by atoms with Gasteiger partial charge in [-0.05, 0) is 68.7 Å². The Morgan fingerprint density at radius 2 is 1.77 bits per heavy atom. The van der Waals surface area contributed by atoms with Gasteiger partial charge >= 0.3 is 0 Å². The Morgan fingerprint density at radius 1 is 1.00 bits per heavy atom. The highest BCUT2D eigenvalue weighted by Gasteiger charge is 2.21. The summed E-state index contributed by atoms with van der Waals surface area (Å²) in [7, 11) is -3.96. The van der Waals surface area contributed by atoms with E-state index in [1.165, 1.54) is 12.1 Å². The number of ether oxygens (including phenoxy) is 2. The maximum absolute atomic E-state index is 13.3. The third kappa shape index (κ3) is 6.25. The van der Waals surface area contributed by atoms with E-state index < -0.39 is 10.0 Å². The van der Waals surface area contributed by atoms with Crippen molar-refractivity contribution in [3.63, 3.8) is 0 Å². The van der Waals surface area contributed by atoms with E-state index in [9.17, 15) is 13.2 Å². The number of imidazole rings is 1. The molecule has 0 spiro atoms. The average Bonchev–Trinajstić information content (AvgIpc) is 3.29. The van der Waals surface area contributed by atoms with Crippen LogP contribution in [0.1, 0.15) is 58.5 Å². The van der Waals surface area contributed by atoms with Crippen LogP contribution in [0.3, 0.4) is 0 Å². The highest BCUT2D eigenvalue weighted by Crippen LogP contribution is 2.31. The number of unbranched alkanes of at least 4 members (excludes halogenated alkanes) is 1. The van der Waals surface area contributed by atoms with Gasteiger partial charge in [-0.25, -0.2) is 17.9 Å². The first-order valence-corrected chi connectivity index (χ1v) is 14.8. The van der Waals surface area contributed by atoms with Gasteiger partial charge in [0.15, 0.2) is 11.3 Å². The molecule has 10 nitrogen and oxygen atoms in total. The lowest BCUT2D eigenvalue weighted by molar-refractivity contribution is 0.318. The summed E-state index contributed by atoms with van der Waals surface area (Å²) in [5.41, 5.74) is 1.51. The Hall–Kier alpha value is -3.86. The third-order valence-electron chi connectivity index (χ3n) is 6.13. The van der Waals surface area contributed by atoms with Gasteiger partial charge in [0, 0.05) is 12.1 Å². The van der Waals surface area contributed by atoms with Crippen LogP contribution in [0.4, 0.5) is 5.69 Å². The van der Waals surface area contributed by atoms with E-state index in [2.05, 4.69) is 21.6 Å². The fraction of sp³-hybridized carbons (Fsp3) is 0.393. The number of aryl methyl sites for hydroxylation is 2. The minimum absolute atomic E-state index is 0.00376. The third-order valence-corrected chi connectivity index (χ3v) is 7.50. The Kier molecular flexibility index (Phi) is 8.90. The number of anilines is 1. The van der Waals surface area contributed by atoms with Crippen LogP contribution in [0.2, 0.25) is 0 Å². The molecule has 0 amide bonds. The molecule has 0 aliphatic rings. The van der Waals surface area contributed by atoms with E-state index in [-0.39, 0.29) is 16.3 Å². The highest BCUT2D eigenvalue weighted by atomic mass is 32.2. The topological polar surface area (TPSA) is 128 Å². The molecular formula is C28H35N5O5S. The van der Waals surface area contributed by atoms with Crippen molar-refractivity contribution in [2.24, 2.45) is 0 Å². The zero-order chi connectivity index (χ0) is 28.0. The second kappa shape index (κ2) is 12.3. The number of aromatic amines is 1. The average molecular weight is 554 g/mol. The lowest BCUT2D eigenvalue weighted by atomic mass is 10.2. The van der Waals surface area contributed by atoms with Crippen molar-refractivity contribution in [3.05, 3.63) is 64.3 Å². The van der Waals surface area contributed by atoms with Crippen LogP contribution in [0.5, 0.6) is 11.5 Å². The van der Waals surface area contributed by atoms with Gasteiger partial charge in [0.2, 0.25) is 0 Å². The minimum Gasteiger partial charge on any atom is -0.494 e. The first-order chi connectivity index (χ1) is 18.8. The molecule has 11 heteroatoms. The molecule has 0 saturated carbocycles. The molecule has 0 unspecified atom stereocenters. The maximum Gasteiger partial charge on any atom is 0.277 e. The van der Waals surface area contributed by atoms with Crippen molar-refractivity contribution in [1.29, 1.82) is 0 Å². The fourth-order valence-corrected chi connectivity index (χ4v) is 5.28. The molecule has 0 fully saturated rings. The molecule has 0 bridgehead atoms.